The third-order valence-corrected chi connectivity index (χ3v) is 7.11. The van der Waals surface area contributed by atoms with Gasteiger partial charge >= 0.3 is 5.69 Å². The molecule has 1 saturated heterocycles. The van der Waals surface area contributed by atoms with Crippen molar-refractivity contribution in [2.45, 2.75) is 58.7 Å². The van der Waals surface area contributed by atoms with Crippen LogP contribution < -0.4 is 10.7 Å². The molecule has 0 radical (unpaired) electrons. The summed E-state index contributed by atoms with van der Waals surface area (Å²) in [6.07, 6.45) is 7.10. The lowest BCUT2D eigenvalue weighted by Crippen LogP contribution is -2.62. The molecule has 0 N–H and O–H groups in total. The molecule has 0 aliphatic carbocycles. The van der Waals surface area contributed by atoms with E-state index < -0.39 is 0 Å². The van der Waals surface area contributed by atoms with Crippen LogP contribution in [0.2, 0.25) is 0 Å². The molecule has 3 atom stereocenters. The Hall–Kier alpha value is -3.34. The van der Waals surface area contributed by atoms with Crippen molar-refractivity contribution in [1.82, 2.24) is 38.9 Å². The van der Waals surface area contributed by atoms with E-state index in [0.717, 1.165) is 37.1 Å². The van der Waals surface area contributed by atoms with E-state index >= 15 is 0 Å². The Labute approximate surface area is 196 Å². The number of piperazine rings is 1. The second-order valence-electron chi connectivity index (χ2n) is 9.06. The SMILES string of the molecule is CC[C@@H]1CN(n2cc3c(cnc(=O)n3C)n2)[C@@H](CC)CN1C(C)c1ccn2nc(C)c(F)c2n1. The second-order valence-corrected chi connectivity index (χ2v) is 9.06. The van der Waals surface area contributed by atoms with Crippen LogP contribution in [0.25, 0.3) is 16.7 Å². The van der Waals surface area contributed by atoms with Crippen LogP contribution in [0.15, 0.2) is 29.5 Å². The first-order valence-electron chi connectivity index (χ1n) is 11.8. The van der Waals surface area contributed by atoms with Gasteiger partial charge in [0.25, 0.3) is 0 Å². The van der Waals surface area contributed by atoms with E-state index in [-0.39, 0.29) is 35.3 Å². The van der Waals surface area contributed by atoms with Gasteiger partial charge in [0.1, 0.15) is 5.52 Å². The van der Waals surface area contributed by atoms with Crippen molar-refractivity contribution >= 4 is 16.7 Å². The van der Waals surface area contributed by atoms with Gasteiger partial charge in [0, 0.05) is 31.9 Å². The zero-order valence-corrected chi connectivity index (χ0v) is 20.2. The lowest BCUT2D eigenvalue weighted by Gasteiger charge is -2.48. The van der Waals surface area contributed by atoms with Gasteiger partial charge in [-0.2, -0.15) is 14.9 Å². The van der Waals surface area contributed by atoms with Crippen molar-refractivity contribution in [3.63, 3.8) is 0 Å². The number of aryl methyl sites for hydroxylation is 2. The molecule has 5 rings (SSSR count). The Morgan fingerprint density at radius 1 is 1.18 bits per heavy atom. The fourth-order valence-electron chi connectivity index (χ4n) is 4.97. The summed E-state index contributed by atoms with van der Waals surface area (Å²) in [6, 6.07) is 2.41. The smallest absolute Gasteiger partial charge is 0.292 e. The summed E-state index contributed by atoms with van der Waals surface area (Å²) in [6.45, 7) is 9.72. The molecule has 1 aliphatic rings. The predicted octanol–water partition coefficient (Wildman–Crippen LogP) is 2.19. The topological polar surface area (TPSA) is 89.4 Å². The maximum atomic E-state index is 14.5. The maximum Gasteiger partial charge on any atom is 0.347 e. The molecule has 180 valence electrons. The molecule has 0 amide bonds. The normalized spacial score (nSPS) is 20.5. The Morgan fingerprint density at radius 2 is 1.94 bits per heavy atom. The zero-order valence-electron chi connectivity index (χ0n) is 20.2. The van der Waals surface area contributed by atoms with Gasteiger partial charge in [-0.3, -0.25) is 14.5 Å². The minimum Gasteiger partial charge on any atom is -0.292 e. The standard InChI is InChI=1S/C23H30FN9O/c1-6-16-12-32(33-13-20-19(28-33)10-25-23(34)29(20)5)17(7-2)11-30(16)15(4)18-8-9-31-22(26-18)21(24)14(3)27-31/h8-10,13,15-17H,6-7,11-12H2,1-5H3/t15?,16-,17+/m1/s1. The molecule has 4 aromatic heterocycles. The number of hydrogen-bond acceptors (Lipinski definition) is 7. The van der Waals surface area contributed by atoms with Crippen LogP contribution in [-0.4, -0.2) is 64.1 Å². The molecular formula is C23H30FN9O. The van der Waals surface area contributed by atoms with Gasteiger partial charge in [0.2, 0.25) is 0 Å². The third kappa shape index (κ3) is 3.54. The minimum atomic E-state index is -0.369. The van der Waals surface area contributed by atoms with Gasteiger partial charge in [-0.05, 0) is 32.8 Å². The van der Waals surface area contributed by atoms with Gasteiger partial charge < -0.3 is 0 Å². The van der Waals surface area contributed by atoms with Crippen LogP contribution in [0, 0.1) is 12.7 Å². The first-order valence-corrected chi connectivity index (χ1v) is 11.8. The van der Waals surface area contributed by atoms with E-state index in [1.54, 1.807) is 20.2 Å². The maximum absolute atomic E-state index is 14.5. The highest BCUT2D eigenvalue weighted by Gasteiger charge is 2.36. The number of fused-ring (bicyclic) bond motifs is 2. The van der Waals surface area contributed by atoms with Crippen molar-refractivity contribution in [2.24, 2.45) is 7.05 Å². The molecular weight excluding hydrogens is 437 g/mol. The highest BCUT2D eigenvalue weighted by Crippen LogP contribution is 2.29. The second kappa shape index (κ2) is 8.46. The molecule has 0 saturated carbocycles. The van der Waals surface area contributed by atoms with Gasteiger partial charge in [0.05, 0.1) is 41.9 Å². The third-order valence-electron chi connectivity index (χ3n) is 7.11. The Kier molecular flexibility index (Phi) is 5.59. The van der Waals surface area contributed by atoms with E-state index in [9.17, 15) is 9.18 Å². The number of hydrogen-bond donors (Lipinski definition) is 0. The average Bonchev–Trinajstić information content (AvgIpc) is 3.41. The monoisotopic (exact) mass is 467 g/mol. The van der Waals surface area contributed by atoms with Crippen molar-refractivity contribution in [3.8, 4) is 0 Å². The first-order chi connectivity index (χ1) is 16.3. The van der Waals surface area contributed by atoms with Crippen molar-refractivity contribution in [1.29, 1.82) is 0 Å². The summed E-state index contributed by atoms with van der Waals surface area (Å²) in [7, 11) is 1.71. The molecule has 0 spiro atoms. The highest BCUT2D eigenvalue weighted by atomic mass is 19.1. The minimum absolute atomic E-state index is 0.0162. The molecule has 0 aromatic carbocycles. The molecule has 10 nitrogen and oxygen atoms in total. The number of rotatable bonds is 5. The quantitative estimate of drug-likeness (QED) is 0.445. The Morgan fingerprint density at radius 3 is 2.68 bits per heavy atom. The average molecular weight is 468 g/mol. The van der Waals surface area contributed by atoms with Crippen LogP contribution in [0.3, 0.4) is 0 Å². The highest BCUT2D eigenvalue weighted by molar-refractivity contribution is 5.72. The van der Waals surface area contributed by atoms with E-state index in [1.807, 2.05) is 17.1 Å². The van der Waals surface area contributed by atoms with E-state index in [2.05, 4.69) is 45.7 Å². The van der Waals surface area contributed by atoms with Gasteiger partial charge in [-0.1, -0.05) is 13.8 Å². The predicted molar refractivity (Wildman–Crippen MR) is 127 cm³/mol. The van der Waals surface area contributed by atoms with Gasteiger partial charge in [-0.15, -0.1) is 5.10 Å². The van der Waals surface area contributed by atoms with Crippen molar-refractivity contribution in [2.75, 3.05) is 18.1 Å². The summed E-state index contributed by atoms with van der Waals surface area (Å²) in [4.78, 5) is 24.8. The largest absolute Gasteiger partial charge is 0.347 e. The molecule has 1 fully saturated rings. The van der Waals surface area contributed by atoms with Crippen molar-refractivity contribution < 1.29 is 4.39 Å². The molecule has 1 unspecified atom stereocenters. The summed E-state index contributed by atoms with van der Waals surface area (Å²) >= 11 is 0. The van der Waals surface area contributed by atoms with Crippen LogP contribution >= 0.6 is 0 Å². The molecule has 0 bridgehead atoms. The van der Waals surface area contributed by atoms with E-state index in [0.29, 0.717) is 11.2 Å². The van der Waals surface area contributed by atoms with E-state index in [4.69, 9.17) is 5.10 Å². The number of nitrogens with zero attached hydrogens (tertiary/aromatic N) is 9. The summed E-state index contributed by atoms with van der Waals surface area (Å²) in [5, 5.41) is 11.2. The van der Waals surface area contributed by atoms with Crippen LogP contribution in [0.1, 0.15) is 51.0 Å². The number of aromatic nitrogens is 7. The molecule has 5 heterocycles. The first kappa shape index (κ1) is 22.5. The van der Waals surface area contributed by atoms with Crippen LogP contribution in [0.4, 0.5) is 4.39 Å². The summed E-state index contributed by atoms with van der Waals surface area (Å²) < 4.78 is 17.5. The zero-order chi connectivity index (χ0) is 24.1. The fourth-order valence-corrected chi connectivity index (χ4v) is 4.97. The van der Waals surface area contributed by atoms with Crippen LogP contribution in [-0.2, 0) is 7.05 Å². The van der Waals surface area contributed by atoms with Crippen molar-refractivity contribution in [3.05, 3.63) is 52.3 Å². The molecule has 11 heteroatoms. The lowest BCUT2D eigenvalue weighted by molar-refractivity contribution is 0.0837. The molecule has 34 heavy (non-hydrogen) atoms. The van der Waals surface area contributed by atoms with Gasteiger partial charge in [-0.25, -0.2) is 18.7 Å². The number of halogens is 1. The fraction of sp³-hybridized carbons (Fsp3) is 0.522. The lowest BCUT2D eigenvalue weighted by atomic mass is 10.0. The van der Waals surface area contributed by atoms with Gasteiger partial charge in [0.15, 0.2) is 11.5 Å². The summed E-state index contributed by atoms with van der Waals surface area (Å²) in [5.41, 5.74) is 2.61. The Balaban J connectivity index is 1.46. The van der Waals surface area contributed by atoms with E-state index in [1.165, 1.54) is 15.3 Å². The Bertz CT molecular complexity index is 1410. The summed E-state index contributed by atoms with van der Waals surface area (Å²) in [5.74, 6) is -0.369. The van der Waals surface area contributed by atoms with Crippen LogP contribution in [0.5, 0.6) is 0 Å². The molecule has 4 aromatic rings. The molecule has 1 aliphatic heterocycles.